The molecular weight excluding hydrogens is 94.0 g/mol. The monoisotopic (exact) mass is 104 g/mol. The van der Waals surface area contributed by atoms with Crippen molar-refractivity contribution in [1.29, 1.82) is 0 Å². The SMILES string of the molecule is CC[N]OC(C)O. The molecule has 0 bridgehead atoms. The molecule has 1 atom stereocenters. The van der Waals surface area contributed by atoms with E-state index in [1.165, 1.54) is 6.92 Å². The van der Waals surface area contributed by atoms with E-state index in [1.807, 2.05) is 6.92 Å². The van der Waals surface area contributed by atoms with Gasteiger partial charge in [-0.3, -0.25) is 4.84 Å². The van der Waals surface area contributed by atoms with E-state index in [4.69, 9.17) is 5.11 Å². The van der Waals surface area contributed by atoms with Crippen LogP contribution in [-0.2, 0) is 4.84 Å². The van der Waals surface area contributed by atoms with Gasteiger partial charge in [-0.15, -0.1) is 0 Å². The number of hydrogen-bond donors (Lipinski definition) is 1. The quantitative estimate of drug-likeness (QED) is 0.400. The molecule has 0 rings (SSSR count). The maximum atomic E-state index is 8.37. The van der Waals surface area contributed by atoms with Gasteiger partial charge in [0.1, 0.15) is 0 Å². The highest BCUT2D eigenvalue weighted by Crippen LogP contribution is 1.76. The molecule has 0 aromatic carbocycles. The van der Waals surface area contributed by atoms with Crippen LogP contribution in [-0.4, -0.2) is 17.9 Å². The number of aliphatic hydroxyl groups excluding tert-OH is 1. The van der Waals surface area contributed by atoms with Gasteiger partial charge < -0.3 is 5.11 Å². The third-order valence-corrected chi connectivity index (χ3v) is 0.356. The second-order valence-electron chi connectivity index (χ2n) is 1.15. The molecule has 0 spiro atoms. The van der Waals surface area contributed by atoms with Crippen LogP contribution in [0.4, 0.5) is 0 Å². The van der Waals surface area contributed by atoms with Crippen LogP contribution >= 0.6 is 0 Å². The molecule has 43 valence electrons. The van der Waals surface area contributed by atoms with E-state index in [0.29, 0.717) is 6.54 Å². The first-order valence-corrected chi connectivity index (χ1v) is 2.28. The van der Waals surface area contributed by atoms with Gasteiger partial charge in [0, 0.05) is 6.54 Å². The van der Waals surface area contributed by atoms with E-state index < -0.39 is 6.29 Å². The molecule has 0 saturated heterocycles. The van der Waals surface area contributed by atoms with Crippen molar-refractivity contribution in [1.82, 2.24) is 5.48 Å². The van der Waals surface area contributed by atoms with Crippen LogP contribution < -0.4 is 5.48 Å². The smallest absolute Gasteiger partial charge is 0.173 e. The first-order valence-electron chi connectivity index (χ1n) is 2.28. The van der Waals surface area contributed by atoms with Gasteiger partial charge in [-0.2, -0.15) is 0 Å². The van der Waals surface area contributed by atoms with E-state index >= 15 is 0 Å². The summed E-state index contributed by atoms with van der Waals surface area (Å²) >= 11 is 0. The normalized spacial score (nSPS) is 14.1. The second kappa shape index (κ2) is 4.05. The molecule has 0 amide bonds. The van der Waals surface area contributed by atoms with Crippen molar-refractivity contribution in [2.24, 2.45) is 0 Å². The molecule has 1 N–H and O–H groups in total. The molecule has 0 aliphatic carbocycles. The lowest BCUT2D eigenvalue weighted by molar-refractivity contribution is -0.137. The summed E-state index contributed by atoms with van der Waals surface area (Å²) in [6.45, 7) is 3.94. The average molecular weight is 104 g/mol. The number of aliphatic hydroxyl groups is 1. The van der Waals surface area contributed by atoms with Crippen LogP contribution in [0.2, 0.25) is 0 Å². The summed E-state index contributed by atoms with van der Waals surface area (Å²) < 4.78 is 0. The summed E-state index contributed by atoms with van der Waals surface area (Å²) in [5, 5.41) is 8.37. The number of hydroxylamine groups is 1. The Morgan fingerprint density at radius 1 is 1.86 bits per heavy atom. The molecule has 1 radical (unpaired) electrons. The van der Waals surface area contributed by atoms with Crippen LogP contribution in [0, 0.1) is 0 Å². The van der Waals surface area contributed by atoms with Crippen LogP contribution in [0.25, 0.3) is 0 Å². The molecule has 0 aliphatic rings. The predicted molar refractivity (Wildman–Crippen MR) is 25.4 cm³/mol. The maximum Gasteiger partial charge on any atom is 0.173 e. The van der Waals surface area contributed by atoms with Gasteiger partial charge in [0.05, 0.1) is 0 Å². The van der Waals surface area contributed by atoms with Crippen LogP contribution in [0.5, 0.6) is 0 Å². The molecule has 0 heterocycles. The van der Waals surface area contributed by atoms with Gasteiger partial charge in [0.15, 0.2) is 6.29 Å². The Morgan fingerprint density at radius 2 is 2.43 bits per heavy atom. The minimum Gasteiger partial charge on any atom is -0.367 e. The Balaban J connectivity index is 2.68. The zero-order valence-corrected chi connectivity index (χ0v) is 4.59. The highest BCUT2D eigenvalue weighted by atomic mass is 16.7. The number of rotatable bonds is 3. The maximum absolute atomic E-state index is 8.37. The van der Waals surface area contributed by atoms with Gasteiger partial charge in [-0.25, -0.2) is 0 Å². The summed E-state index contributed by atoms with van der Waals surface area (Å²) in [7, 11) is 0. The van der Waals surface area contributed by atoms with Gasteiger partial charge >= 0.3 is 0 Å². The standard InChI is InChI=1S/C4H10NO2/c1-3-5-7-4(2)6/h4,6H,3H2,1-2H3. The Morgan fingerprint density at radius 3 is 2.57 bits per heavy atom. The van der Waals surface area contributed by atoms with Gasteiger partial charge in [-0.1, -0.05) is 5.48 Å². The van der Waals surface area contributed by atoms with E-state index in [1.54, 1.807) is 0 Å². The van der Waals surface area contributed by atoms with E-state index in [9.17, 15) is 0 Å². The molecule has 3 heteroatoms. The third kappa shape index (κ3) is 5.88. The van der Waals surface area contributed by atoms with Crippen molar-refractivity contribution in [3.05, 3.63) is 0 Å². The van der Waals surface area contributed by atoms with Gasteiger partial charge in [0.25, 0.3) is 0 Å². The molecule has 0 saturated carbocycles. The zero-order valence-electron chi connectivity index (χ0n) is 4.59. The Labute approximate surface area is 43.2 Å². The summed E-state index contributed by atoms with van der Waals surface area (Å²) in [5.74, 6) is 0. The van der Waals surface area contributed by atoms with Crippen LogP contribution in [0.15, 0.2) is 0 Å². The summed E-state index contributed by atoms with van der Waals surface area (Å²) in [6, 6.07) is 0. The van der Waals surface area contributed by atoms with Gasteiger partial charge in [-0.05, 0) is 13.8 Å². The van der Waals surface area contributed by atoms with Crippen molar-refractivity contribution < 1.29 is 9.94 Å². The minimum atomic E-state index is -0.764. The molecule has 0 aliphatic heterocycles. The molecule has 0 fully saturated rings. The third-order valence-electron chi connectivity index (χ3n) is 0.356. The van der Waals surface area contributed by atoms with E-state index in [-0.39, 0.29) is 0 Å². The lowest BCUT2D eigenvalue weighted by atomic mass is 10.8. The van der Waals surface area contributed by atoms with E-state index in [0.717, 1.165) is 0 Å². The van der Waals surface area contributed by atoms with Crippen LogP contribution in [0.3, 0.4) is 0 Å². The second-order valence-corrected chi connectivity index (χ2v) is 1.15. The number of nitrogens with zero attached hydrogens (tertiary/aromatic N) is 1. The first kappa shape index (κ1) is 6.88. The fourth-order valence-electron chi connectivity index (χ4n) is 0.182. The van der Waals surface area contributed by atoms with Gasteiger partial charge in [0.2, 0.25) is 0 Å². The van der Waals surface area contributed by atoms with Crippen molar-refractivity contribution >= 4 is 0 Å². The highest BCUT2D eigenvalue weighted by Gasteiger charge is 1.89. The zero-order chi connectivity index (χ0) is 5.70. The van der Waals surface area contributed by atoms with E-state index in [2.05, 4.69) is 10.3 Å². The largest absolute Gasteiger partial charge is 0.367 e. The summed E-state index contributed by atoms with van der Waals surface area (Å²) in [4.78, 5) is 4.37. The fourth-order valence-corrected chi connectivity index (χ4v) is 0.182. The molecule has 7 heavy (non-hydrogen) atoms. The average Bonchev–Trinajstić information content (AvgIpc) is 1.61. The van der Waals surface area contributed by atoms with Crippen molar-refractivity contribution in [3.8, 4) is 0 Å². The van der Waals surface area contributed by atoms with Crippen LogP contribution in [0.1, 0.15) is 13.8 Å². The Bertz CT molecular complexity index is 38.7. The topological polar surface area (TPSA) is 43.6 Å². The first-order chi connectivity index (χ1) is 3.27. The lowest BCUT2D eigenvalue weighted by Gasteiger charge is -2.00. The molecule has 1 unspecified atom stereocenters. The predicted octanol–water partition coefficient (Wildman–Crippen LogP) is -0.119. The Kier molecular flexibility index (Phi) is 3.98. The van der Waals surface area contributed by atoms with Crippen molar-refractivity contribution in [3.63, 3.8) is 0 Å². The molecule has 0 aromatic rings. The molecular formula is C4H10NO2. The summed E-state index contributed by atoms with van der Waals surface area (Å²) in [6.07, 6.45) is -0.764. The number of hydrogen-bond acceptors (Lipinski definition) is 2. The van der Waals surface area contributed by atoms with Crippen molar-refractivity contribution in [2.75, 3.05) is 6.54 Å². The Hall–Kier alpha value is -0.120. The fraction of sp³-hybridized carbons (Fsp3) is 1.00. The summed E-state index contributed by atoms with van der Waals surface area (Å²) in [5.41, 5.74) is 3.42. The molecule has 0 aromatic heterocycles. The van der Waals surface area contributed by atoms with Crippen molar-refractivity contribution in [2.45, 2.75) is 20.1 Å². The minimum absolute atomic E-state index is 0.588. The lowest BCUT2D eigenvalue weighted by Crippen LogP contribution is -2.13. The molecule has 3 nitrogen and oxygen atoms in total. The highest BCUT2D eigenvalue weighted by molar-refractivity contribution is 4.17.